The Balaban J connectivity index is 1.56. The van der Waals surface area contributed by atoms with Crippen molar-refractivity contribution < 1.29 is 18.3 Å². The van der Waals surface area contributed by atoms with Crippen LogP contribution in [0.15, 0.2) is 48.5 Å². The van der Waals surface area contributed by atoms with Gasteiger partial charge in [-0.1, -0.05) is 36.4 Å². The van der Waals surface area contributed by atoms with E-state index in [1.165, 1.54) is 6.07 Å². The van der Waals surface area contributed by atoms with Crippen LogP contribution in [-0.2, 0) is 11.3 Å². The van der Waals surface area contributed by atoms with Crippen LogP contribution in [0.2, 0.25) is 0 Å². The van der Waals surface area contributed by atoms with E-state index in [0.29, 0.717) is 49.7 Å². The third-order valence-corrected chi connectivity index (χ3v) is 6.41. The van der Waals surface area contributed by atoms with Crippen LogP contribution in [0.3, 0.4) is 0 Å². The van der Waals surface area contributed by atoms with Crippen molar-refractivity contribution in [1.29, 1.82) is 0 Å². The molecule has 2 N–H and O–H groups in total. The number of anilines is 1. The lowest BCUT2D eigenvalue weighted by Crippen LogP contribution is -2.42. The number of hydrogen-bond acceptors (Lipinski definition) is 4. The van der Waals surface area contributed by atoms with Crippen LogP contribution >= 0.6 is 0 Å². The highest BCUT2D eigenvalue weighted by molar-refractivity contribution is 5.94. The quantitative estimate of drug-likeness (QED) is 0.499. The van der Waals surface area contributed by atoms with E-state index in [-0.39, 0.29) is 18.0 Å². The van der Waals surface area contributed by atoms with Crippen molar-refractivity contribution in [3.63, 3.8) is 0 Å². The van der Waals surface area contributed by atoms with E-state index in [1.54, 1.807) is 13.2 Å². The molecule has 2 heterocycles. The number of carbonyl (C=O) groups is 1. The highest BCUT2D eigenvalue weighted by Gasteiger charge is 2.35. The van der Waals surface area contributed by atoms with Crippen molar-refractivity contribution >= 4 is 11.7 Å². The summed E-state index contributed by atoms with van der Waals surface area (Å²) >= 11 is 0. The Morgan fingerprint density at radius 3 is 2.60 bits per heavy atom. The molecule has 1 fully saturated rings. The summed E-state index contributed by atoms with van der Waals surface area (Å²) < 4.78 is 34.6. The van der Waals surface area contributed by atoms with Gasteiger partial charge in [0.1, 0.15) is 0 Å². The lowest BCUT2D eigenvalue weighted by Gasteiger charge is -2.21. The van der Waals surface area contributed by atoms with E-state index in [4.69, 9.17) is 4.74 Å². The zero-order valence-electron chi connectivity index (χ0n) is 20.2. The van der Waals surface area contributed by atoms with Gasteiger partial charge in [0.2, 0.25) is 0 Å². The second kappa shape index (κ2) is 11.0. The fourth-order valence-electron chi connectivity index (χ4n) is 4.68. The monoisotopic (exact) mass is 483 g/mol. The van der Waals surface area contributed by atoms with E-state index >= 15 is 0 Å². The zero-order valence-corrected chi connectivity index (χ0v) is 20.2. The molecule has 0 aliphatic carbocycles. The lowest BCUT2D eigenvalue weighted by molar-refractivity contribution is 0.159. The van der Waals surface area contributed by atoms with E-state index in [2.05, 4.69) is 20.6 Å². The van der Waals surface area contributed by atoms with Crippen LogP contribution in [-0.4, -0.2) is 60.1 Å². The number of amides is 2. The average molecular weight is 484 g/mol. The number of aromatic nitrogens is 2. The van der Waals surface area contributed by atoms with Gasteiger partial charge in [0.15, 0.2) is 11.6 Å². The first-order valence-corrected chi connectivity index (χ1v) is 11.8. The topological polar surface area (TPSA) is 71.4 Å². The van der Waals surface area contributed by atoms with Gasteiger partial charge in [-0.15, -0.1) is 0 Å². The van der Waals surface area contributed by atoms with Crippen LogP contribution in [0.5, 0.6) is 0 Å². The van der Waals surface area contributed by atoms with E-state index < -0.39 is 11.6 Å². The van der Waals surface area contributed by atoms with Crippen molar-refractivity contribution in [2.75, 3.05) is 38.7 Å². The average Bonchev–Trinajstić information content (AvgIpc) is 3.40. The van der Waals surface area contributed by atoms with E-state index in [1.807, 2.05) is 48.9 Å². The molecule has 4 rings (SSSR count). The fraction of sp³-hybridized carbons (Fsp3) is 0.385. The Labute approximate surface area is 204 Å². The molecular formula is C26H31F2N5O2. The lowest BCUT2D eigenvalue weighted by atomic mass is 9.94. The number of nitrogens with zero attached hydrogens (tertiary/aromatic N) is 3. The molecule has 0 spiro atoms. The van der Waals surface area contributed by atoms with Gasteiger partial charge in [-0.2, -0.15) is 5.10 Å². The molecule has 2 amide bonds. The number of methoxy groups -OCH3 is 1. The van der Waals surface area contributed by atoms with Crippen molar-refractivity contribution in [1.82, 2.24) is 20.0 Å². The molecule has 0 radical (unpaired) electrons. The molecule has 1 saturated heterocycles. The Morgan fingerprint density at radius 1 is 1.14 bits per heavy atom. The molecule has 2 unspecified atom stereocenters. The Bertz CT molecular complexity index is 1170. The predicted octanol–water partition coefficient (Wildman–Crippen LogP) is 4.39. The number of urea groups is 1. The summed E-state index contributed by atoms with van der Waals surface area (Å²) in [6.45, 7) is 6.91. The molecule has 7 nitrogen and oxygen atoms in total. The van der Waals surface area contributed by atoms with E-state index in [0.717, 1.165) is 17.3 Å². The van der Waals surface area contributed by atoms with Gasteiger partial charge in [-0.3, -0.25) is 9.58 Å². The standard InChI is InChI=1S/C26H31F2N5O2/c1-4-33-25(18-8-6-5-7-9-18)24(17(2)31-33)30-26(34)29-23-16-32(12-13-35-3)15-20(23)19-10-11-21(27)22(28)14-19/h5-11,14,20,23H,4,12-13,15-16H2,1-3H3,(H2,29,30,34). The summed E-state index contributed by atoms with van der Waals surface area (Å²) in [5, 5.41) is 10.7. The number of hydrogen-bond donors (Lipinski definition) is 2. The number of halogens is 2. The van der Waals surface area contributed by atoms with Crippen molar-refractivity contribution in [3.05, 3.63) is 71.4 Å². The molecule has 2 aromatic carbocycles. The summed E-state index contributed by atoms with van der Waals surface area (Å²) in [5.41, 5.74) is 3.80. The first-order chi connectivity index (χ1) is 16.9. The van der Waals surface area contributed by atoms with Gasteiger partial charge >= 0.3 is 6.03 Å². The summed E-state index contributed by atoms with van der Waals surface area (Å²) in [7, 11) is 1.63. The van der Waals surface area contributed by atoms with Gasteiger partial charge in [0, 0.05) is 44.8 Å². The fourth-order valence-corrected chi connectivity index (χ4v) is 4.68. The molecule has 0 bridgehead atoms. The van der Waals surface area contributed by atoms with Gasteiger partial charge in [0.25, 0.3) is 0 Å². The highest BCUT2D eigenvalue weighted by atomic mass is 19.2. The van der Waals surface area contributed by atoms with Gasteiger partial charge < -0.3 is 15.4 Å². The number of aryl methyl sites for hydroxylation is 2. The number of carbonyl (C=O) groups excluding carboxylic acids is 1. The maximum absolute atomic E-state index is 14.0. The van der Waals surface area contributed by atoms with Crippen LogP contribution in [0, 0.1) is 18.6 Å². The predicted molar refractivity (Wildman–Crippen MR) is 131 cm³/mol. The Hall–Kier alpha value is -3.30. The van der Waals surface area contributed by atoms with Gasteiger partial charge in [0.05, 0.1) is 29.7 Å². The van der Waals surface area contributed by atoms with Crippen LogP contribution in [0.1, 0.15) is 24.1 Å². The second-order valence-electron chi connectivity index (χ2n) is 8.73. The first kappa shape index (κ1) is 24.8. The number of likely N-dealkylation sites (tertiary alicyclic amines) is 1. The van der Waals surface area contributed by atoms with Crippen LogP contribution in [0.4, 0.5) is 19.3 Å². The number of ether oxygens (including phenoxy) is 1. The highest BCUT2D eigenvalue weighted by Crippen LogP contribution is 2.32. The van der Waals surface area contributed by atoms with Gasteiger partial charge in [-0.25, -0.2) is 13.6 Å². The Kier molecular flexibility index (Phi) is 7.77. The molecule has 186 valence electrons. The third-order valence-electron chi connectivity index (χ3n) is 6.41. The zero-order chi connectivity index (χ0) is 24.9. The molecule has 0 saturated carbocycles. The van der Waals surface area contributed by atoms with Crippen molar-refractivity contribution in [2.24, 2.45) is 0 Å². The minimum Gasteiger partial charge on any atom is -0.383 e. The Morgan fingerprint density at radius 2 is 1.91 bits per heavy atom. The third kappa shape index (κ3) is 5.52. The molecular weight excluding hydrogens is 452 g/mol. The molecule has 9 heteroatoms. The number of nitrogens with one attached hydrogen (secondary N) is 2. The van der Waals surface area contributed by atoms with Crippen molar-refractivity contribution in [3.8, 4) is 11.3 Å². The second-order valence-corrected chi connectivity index (χ2v) is 8.73. The summed E-state index contributed by atoms with van der Waals surface area (Å²) in [6.07, 6.45) is 0. The van der Waals surface area contributed by atoms with Gasteiger partial charge in [-0.05, 0) is 31.5 Å². The number of benzene rings is 2. The maximum Gasteiger partial charge on any atom is 0.319 e. The molecule has 1 aromatic heterocycles. The largest absolute Gasteiger partial charge is 0.383 e. The molecule has 3 aromatic rings. The molecule has 1 aliphatic heterocycles. The first-order valence-electron chi connectivity index (χ1n) is 11.8. The number of rotatable bonds is 8. The summed E-state index contributed by atoms with van der Waals surface area (Å²) in [6, 6.07) is 13.1. The molecule has 2 atom stereocenters. The van der Waals surface area contributed by atoms with Crippen molar-refractivity contribution in [2.45, 2.75) is 32.4 Å². The summed E-state index contributed by atoms with van der Waals surface area (Å²) in [5.74, 6) is -1.97. The minimum absolute atomic E-state index is 0.194. The summed E-state index contributed by atoms with van der Waals surface area (Å²) in [4.78, 5) is 15.3. The minimum atomic E-state index is -0.892. The maximum atomic E-state index is 14.0. The van der Waals surface area contributed by atoms with E-state index in [9.17, 15) is 13.6 Å². The SMILES string of the molecule is CCn1nc(C)c(NC(=O)NC2CN(CCOC)CC2c2ccc(F)c(F)c2)c1-c1ccccc1. The van der Waals surface area contributed by atoms with Crippen LogP contribution in [0.25, 0.3) is 11.3 Å². The smallest absolute Gasteiger partial charge is 0.319 e. The normalized spacial score (nSPS) is 18.1. The molecule has 35 heavy (non-hydrogen) atoms. The van der Waals surface area contributed by atoms with Crippen LogP contribution < -0.4 is 10.6 Å². The molecule has 1 aliphatic rings.